The summed E-state index contributed by atoms with van der Waals surface area (Å²) in [6, 6.07) is 3.46. The zero-order chi connectivity index (χ0) is 15.6. The fourth-order valence-electron chi connectivity index (χ4n) is 2.85. The Morgan fingerprint density at radius 3 is 2.62 bits per heavy atom. The van der Waals surface area contributed by atoms with E-state index in [1.807, 2.05) is 25.9 Å². The first-order chi connectivity index (χ1) is 9.92. The first kappa shape index (κ1) is 15.3. The molecule has 6 heteroatoms. The first-order valence-corrected chi connectivity index (χ1v) is 7.11. The van der Waals surface area contributed by atoms with Crippen LogP contribution in [0, 0.1) is 0 Å². The van der Waals surface area contributed by atoms with Crippen molar-refractivity contribution >= 4 is 17.7 Å². The number of aliphatic carboxylic acids is 1. The largest absolute Gasteiger partial charge is 0.479 e. The van der Waals surface area contributed by atoms with Crippen LogP contribution in [-0.2, 0) is 4.79 Å². The molecule has 1 fully saturated rings. The molecule has 6 nitrogen and oxygen atoms in total. The number of carbonyl (C=O) groups is 2. The highest BCUT2D eigenvalue weighted by atomic mass is 16.4. The number of hydrogen-bond acceptors (Lipinski definition) is 4. The number of carboxylic acid groups (broad SMARTS) is 1. The minimum Gasteiger partial charge on any atom is -0.479 e. The van der Waals surface area contributed by atoms with Gasteiger partial charge in [-0.2, -0.15) is 0 Å². The van der Waals surface area contributed by atoms with Gasteiger partial charge >= 0.3 is 5.97 Å². The summed E-state index contributed by atoms with van der Waals surface area (Å²) in [5.74, 6) is -0.420. The lowest BCUT2D eigenvalue weighted by molar-refractivity contribution is -0.148. The van der Waals surface area contributed by atoms with E-state index in [9.17, 15) is 14.7 Å². The van der Waals surface area contributed by atoms with Crippen molar-refractivity contribution in [1.29, 1.82) is 0 Å². The maximum absolute atomic E-state index is 12.6. The Labute approximate surface area is 124 Å². The number of hydrogen-bond donors (Lipinski definition) is 1. The number of carbonyl (C=O) groups excluding carboxylic acids is 1. The third kappa shape index (κ3) is 2.57. The van der Waals surface area contributed by atoms with Gasteiger partial charge in [0.25, 0.3) is 5.91 Å². The number of carboxylic acids is 1. The zero-order valence-electron chi connectivity index (χ0n) is 12.7. The van der Waals surface area contributed by atoms with Gasteiger partial charge in [0.1, 0.15) is 11.4 Å². The van der Waals surface area contributed by atoms with E-state index in [1.54, 1.807) is 12.1 Å². The molecule has 0 bridgehead atoms. The van der Waals surface area contributed by atoms with Crippen molar-refractivity contribution in [2.24, 2.45) is 0 Å². The van der Waals surface area contributed by atoms with Crippen LogP contribution in [0.15, 0.2) is 18.3 Å². The summed E-state index contributed by atoms with van der Waals surface area (Å²) < 4.78 is 0. The second-order valence-electron chi connectivity index (χ2n) is 5.55. The molecule has 21 heavy (non-hydrogen) atoms. The predicted octanol–water partition coefficient (Wildman–Crippen LogP) is 1.62. The summed E-state index contributed by atoms with van der Waals surface area (Å²) in [7, 11) is 3.74. The molecule has 1 amide bonds. The van der Waals surface area contributed by atoms with Crippen LogP contribution in [0.2, 0.25) is 0 Å². The van der Waals surface area contributed by atoms with E-state index in [4.69, 9.17) is 0 Å². The van der Waals surface area contributed by atoms with Gasteiger partial charge < -0.3 is 14.9 Å². The smallest absolute Gasteiger partial charge is 0.329 e. The highest BCUT2D eigenvalue weighted by Crippen LogP contribution is 2.34. The number of rotatable bonds is 4. The molecule has 1 atom stereocenters. The predicted molar refractivity (Wildman–Crippen MR) is 79.5 cm³/mol. The normalized spacial score (nSPS) is 21.4. The van der Waals surface area contributed by atoms with E-state index >= 15 is 0 Å². The molecule has 1 N–H and O–H groups in total. The molecular weight excluding hydrogens is 270 g/mol. The third-order valence-electron chi connectivity index (χ3n) is 4.17. The number of anilines is 1. The van der Waals surface area contributed by atoms with Gasteiger partial charge in [0.05, 0.1) is 5.56 Å². The number of pyridine rings is 1. The molecule has 2 heterocycles. The van der Waals surface area contributed by atoms with Crippen molar-refractivity contribution < 1.29 is 14.7 Å². The number of aromatic nitrogens is 1. The minimum absolute atomic E-state index is 0.255. The Hall–Kier alpha value is -2.11. The lowest BCUT2D eigenvalue weighted by Crippen LogP contribution is -2.52. The fraction of sp³-hybridized carbons (Fsp3) is 0.533. The molecule has 114 valence electrons. The molecule has 0 spiro atoms. The van der Waals surface area contributed by atoms with E-state index in [0.29, 0.717) is 24.9 Å². The standard InChI is InChI=1S/C15H21N3O3/c1-4-15(14(20)21)8-5-9-18(15)13(19)11-6-7-12(16-10-11)17(2)3/h6-7,10H,4-5,8-9H2,1-3H3,(H,20,21). The summed E-state index contributed by atoms with van der Waals surface area (Å²) in [5, 5.41) is 9.53. The summed E-state index contributed by atoms with van der Waals surface area (Å²) in [4.78, 5) is 31.8. The summed E-state index contributed by atoms with van der Waals surface area (Å²) in [6.07, 6.45) is 3.15. The number of likely N-dealkylation sites (tertiary alicyclic amines) is 1. The molecule has 0 radical (unpaired) electrons. The van der Waals surface area contributed by atoms with Crippen LogP contribution in [0.1, 0.15) is 36.5 Å². The van der Waals surface area contributed by atoms with Crippen molar-refractivity contribution in [2.45, 2.75) is 31.7 Å². The van der Waals surface area contributed by atoms with Crippen LogP contribution in [-0.4, -0.2) is 53.0 Å². The quantitative estimate of drug-likeness (QED) is 0.912. The molecule has 1 aromatic rings. The van der Waals surface area contributed by atoms with Crippen LogP contribution in [0.3, 0.4) is 0 Å². The second-order valence-corrected chi connectivity index (χ2v) is 5.55. The Kier molecular flexibility index (Phi) is 4.16. The minimum atomic E-state index is -1.07. The molecule has 1 aliphatic rings. The van der Waals surface area contributed by atoms with Crippen molar-refractivity contribution in [3.63, 3.8) is 0 Å². The molecule has 0 aliphatic carbocycles. The van der Waals surface area contributed by atoms with E-state index in [0.717, 1.165) is 12.2 Å². The van der Waals surface area contributed by atoms with Crippen LogP contribution in [0.4, 0.5) is 5.82 Å². The van der Waals surface area contributed by atoms with Gasteiger partial charge in [-0.15, -0.1) is 0 Å². The lowest BCUT2D eigenvalue weighted by atomic mass is 9.92. The van der Waals surface area contributed by atoms with Gasteiger partial charge in [0, 0.05) is 26.8 Å². The van der Waals surface area contributed by atoms with Crippen LogP contribution in [0.25, 0.3) is 0 Å². The van der Waals surface area contributed by atoms with E-state index < -0.39 is 11.5 Å². The summed E-state index contributed by atoms with van der Waals surface area (Å²) in [6.45, 7) is 2.29. The average Bonchev–Trinajstić information content (AvgIpc) is 2.91. The van der Waals surface area contributed by atoms with Gasteiger partial charge in [0.15, 0.2) is 0 Å². The van der Waals surface area contributed by atoms with Crippen molar-refractivity contribution in [1.82, 2.24) is 9.88 Å². The second kappa shape index (κ2) is 5.71. The molecular formula is C15H21N3O3. The lowest BCUT2D eigenvalue weighted by Gasteiger charge is -2.33. The first-order valence-electron chi connectivity index (χ1n) is 7.11. The Balaban J connectivity index is 2.28. The van der Waals surface area contributed by atoms with Crippen molar-refractivity contribution in [3.05, 3.63) is 23.9 Å². The molecule has 1 aliphatic heterocycles. The topological polar surface area (TPSA) is 73.7 Å². The fourth-order valence-corrected chi connectivity index (χ4v) is 2.85. The highest BCUT2D eigenvalue weighted by Gasteiger charge is 2.48. The average molecular weight is 291 g/mol. The Bertz CT molecular complexity index is 542. The van der Waals surface area contributed by atoms with Crippen molar-refractivity contribution in [3.8, 4) is 0 Å². The summed E-state index contributed by atoms with van der Waals surface area (Å²) >= 11 is 0. The monoisotopic (exact) mass is 291 g/mol. The van der Waals surface area contributed by atoms with Crippen LogP contribution < -0.4 is 4.90 Å². The maximum Gasteiger partial charge on any atom is 0.329 e. The van der Waals surface area contributed by atoms with Gasteiger partial charge in [-0.05, 0) is 31.4 Å². The summed E-state index contributed by atoms with van der Waals surface area (Å²) in [5.41, 5.74) is -0.640. The van der Waals surface area contributed by atoms with E-state index in [2.05, 4.69) is 4.98 Å². The maximum atomic E-state index is 12.6. The molecule has 1 aromatic heterocycles. The van der Waals surface area contributed by atoms with E-state index in [-0.39, 0.29) is 5.91 Å². The van der Waals surface area contributed by atoms with Crippen LogP contribution in [0.5, 0.6) is 0 Å². The molecule has 2 rings (SSSR count). The van der Waals surface area contributed by atoms with Gasteiger partial charge in [-0.25, -0.2) is 9.78 Å². The molecule has 1 saturated heterocycles. The van der Waals surface area contributed by atoms with Crippen LogP contribution >= 0.6 is 0 Å². The Morgan fingerprint density at radius 2 is 2.14 bits per heavy atom. The highest BCUT2D eigenvalue weighted by molar-refractivity contribution is 5.98. The van der Waals surface area contributed by atoms with Gasteiger partial charge in [-0.1, -0.05) is 6.92 Å². The number of nitrogens with zero attached hydrogens (tertiary/aromatic N) is 3. The zero-order valence-corrected chi connectivity index (χ0v) is 12.7. The molecule has 1 unspecified atom stereocenters. The van der Waals surface area contributed by atoms with Crippen molar-refractivity contribution in [2.75, 3.05) is 25.5 Å². The third-order valence-corrected chi connectivity index (χ3v) is 4.17. The van der Waals surface area contributed by atoms with Gasteiger partial charge in [-0.3, -0.25) is 4.79 Å². The van der Waals surface area contributed by atoms with E-state index in [1.165, 1.54) is 11.1 Å². The molecule has 0 saturated carbocycles. The number of amides is 1. The van der Waals surface area contributed by atoms with Gasteiger partial charge in [0.2, 0.25) is 0 Å². The Morgan fingerprint density at radius 1 is 1.43 bits per heavy atom. The molecule has 0 aromatic carbocycles. The SMILES string of the molecule is CCC1(C(=O)O)CCCN1C(=O)c1ccc(N(C)C)nc1.